The predicted molar refractivity (Wildman–Crippen MR) is 158 cm³/mol. The van der Waals surface area contributed by atoms with Crippen molar-refractivity contribution in [2.45, 2.75) is 110 Å². The van der Waals surface area contributed by atoms with Gasteiger partial charge in [0.2, 0.25) is 5.91 Å². The molecule has 0 aromatic carbocycles. The van der Waals surface area contributed by atoms with E-state index in [2.05, 4.69) is 85.2 Å². The molecule has 0 spiro atoms. The zero-order valence-corrected chi connectivity index (χ0v) is 23.8. The molecule has 0 rings (SSSR count). The third-order valence-corrected chi connectivity index (χ3v) is 5.11. The largest absolute Gasteiger partial charge is 0.459 e. The first kappa shape index (κ1) is 34.3. The Morgan fingerprint density at radius 2 is 1.22 bits per heavy atom. The van der Waals surface area contributed by atoms with E-state index >= 15 is 0 Å². The number of rotatable bonds is 20. The molecule has 0 aromatic heterocycles. The highest BCUT2D eigenvalue weighted by molar-refractivity contribution is 5.76. The van der Waals surface area contributed by atoms with Crippen LogP contribution in [0, 0.1) is 0 Å². The summed E-state index contributed by atoms with van der Waals surface area (Å²) in [6.45, 7) is 8.23. The summed E-state index contributed by atoms with van der Waals surface area (Å²) >= 11 is 0. The van der Waals surface area contributed by atoms with Gasteiger partial charge in [-0.1, -0.05) is 79.8 Å². The number of amides is 1. The Hall–Kier alpha value is -2.66. The molecular weight excluding hydrogens is 460 g/mol. The van der Waals surface area contributed by atoms with Crippen LogP contribution >= 0.6 is 0 Å². The topological polar surface area (TPSA) is 81.4 Å². The molecule has 0 radical (unpaired) electrons. The highest BCUT2D eigenvalue weighted by Crippen LogP contribution is 2.10. The number of allylic oxidation sites excluding steroid dienone is 12. The van der Waals surface area contributed by atoms with Crippen LogP contribution in [0.2, 0.25) is 0 Å². The number of carbonyl (C=O) groups excluding carboxylic acids is 2. The molecule has 0 aliphatic carbocycles. The molecule has 37 heavy (non-hydrogen) atoms. The van der Waals surface area contributed by atoms with Crippen LogP contribution in [-0.2, 0) is 14.3 Å². The minimum atomic E-state index is -0.608. The average Bonchev–Trinajstić information content (AvgIpc) is 2.84. The summed E-state index contributed by atoms with van der Waals surface area (Å²) in [4.78, 5) is 23.8. The molecule has 5 nitrogen and oxygen atoms in total. The highest BCUT2D eigenvalue weighted by atomic mass is 16.6. The van der Waals surface area contributed by atoms with Crippen molar-refractivity contribution >= 4 is 11.9 Å². The van der Waals surface area contributed by atoms with E-state index in [1.165, 1.54) is 0 Å². The van der Waals surface area contributed by atoms with Gasteiger partial charge in [-0.2, -0.15) is 0 Å². The first-order valence-corrected chi connectivity index (χ1v) is 13.9. The van der Waals surface area contributed by atoms with Crippen molar-refractivity contribution in [1.82, 2.24) is 5.32 Å². The van der Waals surface area contributed by atoms with Gasteiger partial charge in [-0.3, -0.25) is 9.59 Å². The van der Waals surface area contributed by atoms with E-state index in [9.17, 15) is 9.59 Å². The van der Waals surface area contributed by atoms with E-state index in [1.807, 2.05) is 20.8 Å². The Labute approximate surface area is 226 Å². The molecule has 5 heteroatoms. The molecule has 0 saturated heterocycles. The van der Waals surface area contributed by atoms with Gasteiger partial charge in [-0.15, -0.1) is 0 Å². The monoisotopic (exact) mass is 512 g/mol. The van der Waals surface area contributed by atoms with Crippen molar-refractivity contribution in [3.05, 3.63) is 72.9 Å². The summed E-state index contributed by atoms with van der Waals surface area (Å²) in [5, 5.41) is 2.92. The number of nitrogens with two attached hydrogens (primary N) is 1. The standard InChI is InChI=1S/C32H52N2O3/c1-5-6-7-8-9-10-11-12-13-14-15-16-17-18-19-20-21-22-23-27-30(35)34-28-25-24-26-29(33)31(36)37-32(2,3)4/h6-7,9-10,12-13,15-16,18-19,21-22,29H,5,8,11,14,17,20,23-28,33H2,1-4H3,(H,34,35). The third kappa shape index (κ3) is 26.2. The normalized spacial score (nSPS) is 13.8. The van der Waals surface area contributed by atoms with Crippen molar-refractivity contribution in [1.29, 1.82) is 0 Å². The fourth-order valence-electron chi connectivity index (χ4n) is 3.15. The van der Waals surface area contributed by atoms with Gasteiger partial charge in [0.05, 0.1) is 0 Å². The van der Waals surface area contributed by atoms with E-state index < -0.39 is 11.6 Å². The van der Waals surface area contributed by atoms with Crippen LogP contribution in [0.4, 0.5) is 0 Å². The number of nitrogens with one attached hydrogen (secondary N) is 1. The minimum absolute atomic E-state index is 0.0518. The van der Waals surface area contributed by atoms with E-state index in [0.29, 0.717) is 19.4 Å². The lowest BCUT2D eigenvalue weighted by molar-refractivity contribution is -0.156. The number of hydrogen-bond donors (Lipinski definition) is 2. The average molecular weight is 513 g/mol. The fraction of sp³-hybridized carbons (Fsp3) is 0.562. The summed E-state index contributed by atoms with van der Waals surface area (Å²) in [7, 11) is 0. The second kappa shape index (κ2) is 23.7. The molecule has 0 bridgehead atoms. The molecule has 208 valence electrons. The summed E-state index contributed by atoms with van der Waals surface area (Å²) in [5.74, 6) is -0.316. The molecule has 1 amide bonds. The Balaban J connectivity index is 3.67. The van der Waals surface area contributed by atoms with E-state index in [1.54, 1.807) is 0 Å². The molecule has 1 unspecified atom stereocenters. The number of unbranched alkanes of at least 4 members (excludes halogenated alkanes) is 1. The minimum Gasteiger partial charge on any atom is -0.459 e. The lowest BCUT2D eigenvalue weighted by Crippen LogP contribution is -2.37. The highest BCUT2D eigenvalue weighted by Gasteiger charge is 2.21. The van der Waals surface area contributed by atoms with E-state index in [4.69, 9.17) is 10.5 Å². The van der Waals surface area contributed by atoms with Gasteiger partial charge in [-0.25, -0.2) is 0 Å². The molecule has 3 N–H and O–H groups in total. The van der Waals surface area contributed by atoms with Gasteiger partial charge in [0.25, 0.3) is 0 Å². The molecule has 0 fully saturated rings. The van der Waals surface area contributed by atoms with E-state index in [-0.39, 0.29) is 11.9 Å². The van der Waals surface area contributed by atoms with Crippen molar-refractivity contribution in [3.63, 3.8) is 0 Å². The zero-order valence-electron chi connectivity index (χ0n) is 23.8. The van der Waals surface area contributed by atoms with Crippen molar-refractivity contribution in [2.75, 3.05) is 6.54 Å². The Morgan fingerprint density at radius 1 is 0.757 bits per heavy atom. The summed E-state index contributed by atoms with van der Waals surface area (Å²) in [6, 6.07) is -0.608. The van der Waals surface area contributed by atoms with E-state index in [0.717, 1.165) is 57.8 Å². The predicted octanol–water partition coefficient (Wildman–Crippen LogP) is 7.42. The number of ether oxygens (including phenoxy) is 1. The Bertz CT molecular complexity index is 767. The van der Waals surface area contributed by atoms with Crippen molar-refractivity contribution in [3.8, 4) is 0 Å². The maximum absolute atomic E-state index is 11.9. The van der Waals surface area contributed by atoms with Crippen molar-refractivity contribution < 1.29 is 14.3 Å². The van der Waals surface area contributed by atoms with Gasteiger partial charge in [0.1, 0.15) is 11.6 Å². The van der Waals surface area contributed by atoms with Crippen LogP contribution in [-0.4, -0.2) is 30.1 Å². The van der Waals surface area contributed by atoms with Crippen LogP contribution in [0.5, 0.6) is 0 Å². The first-order valence-electron chi connectivity index (χ1n) is 13.9. The van der Waals surface area contributed by atoms with Crippen LogP contribution in [0.25, 0.3) is 0 Å². The number of hydrogen-bond acceptors (Lipinski definition) is 4. The maximum Gasteiger partial charge on any atom is 0.323 e. The van der Waals surface area contributed by atoms with Gasteiger partial charge < -0.3 is 15.8 Å². The third-order valence-electron chi connectivity index (χ3n) is 5.11. The lowest BCUT2D eigenvalue weighted by Gasteiger charge is -2.22. The molecule has 0 heterocycles. The van der Waals surface area contributed by atoms with Crippen LogP contribution in [0.15, 0.2) is 72.9 Å². The number of esters is 1. The van der Waals surface area contributed by atoms with Crippen LogP contribution in [0.3, 0.4) is 0 Å². The van der Waals surface area contributed by atoms with Crippen LogP contribution < -0.4 is 11.1 Å². The maximum atomic E-state index is 11.9. The molecule has 0 saturated carbocycles. The van der Waals surface area contributed by atoms with Gasteiger partial charge in [-0.05, 0) is 85.0 Å². The quantitative estimate of drug-likeness (QED) is 0.101. The SMILES string of the molecule is CCC=CCC=CCC=CCC=CCC=CCC=CCCC(=O)NCCCCC(N)C(=O)OC(C)(C)C. The van der Waals surface area contributed by atoms with Gasteiger partial charge in [0, 0.05) is 13.0 Å². The summed E-state index contributed by atoms with van der Waals surface area (Å²) in [6.07, 6.45) is 35.3. The molecule has 0 aromatic rings. The molecule has 0 aliphatic heterocycles. The van der Waals surface area contributed by atoms with Gasteiger partial charge in [0.15, 0.2) is 0 Å². The smallest absolute Gasteiger partial charge is 0.323 e. The Morgan fingerprint density at radius 3 is 1.68 bits per heavy atom. The fourth-order valence-corrected chi connectivity index (χ4v) is 3.15. The zero-order chi connectivity index (χ0) is 27.6. The second-order valence-corrected chi connectivity index (χ2v) is 9.94. The van der Waals surface area contributed by atoms with Crippen molar-refractivity contribution in [2.24, 2.45) is 5.73 Å². The second-order valence-electron chi connectivity index (χ2n) is 9.94. The Kier molecular flexibility index (Phi) is 22.0. The number of carbonyl (C=O) groups is 2. The summed E-state index contributed by atoms with van der Waals surface area (Å²) in [5.41, 5.74) is 5.35. The molecule has 0 aliphatic rings. The van der Waals surface area contributed by atoms with Gasteiger partial charge >= 0.3 is 5.97 Å². The molecule has 1 atom stereocenters. The lowest BCUT2D eigenvalue weighted by atomic mass is 10.1. The van der Waals surface area contributed by atoms with Crippen LogP contribution in [0.1, 0.15) is 98.3 Å². The first-order chi connectivity index (χ1) is 17.8. The summed E-state index contributed by atoms with van der Waals surface area (Å²) < 4.78 is 5.27. The molecular formula is C32H52N2O3.